The zero-order valence-electron chi connectivity index (χ0n) is 10.7. The Balaban J connectivity index is 2.28. The van der Waals surface area contributed by atoms with Crippen molar-refractivity contribution in [3.8, 4) is 0 Å². The van der Waals surface area contributed by atoms with Crippen molar-refractivity contribution in [2.24, 2.45) is 5.41 Å². The lowest BCUT2D eigenvalue weighted by atomic mass is 9.76. The van der Waals surface area contributed by atoms with Crippen molar-refractivity contribution in [1.29, 1.82) is 0 Å². The molecule has 16 heavy (non-hydrogen) atoms. The third-order valence-corrected chi connectivity index (χ3v) is 3.18. The minimum absolute atomic E-state index is 0.179. The molecule has 1 aliphatic rings. The average Bonchev–Trinajstić information content (AvgIpc) is 2.14. The number of allylic oxidation sites excluding steroid dienone is 2. The normalized spacial score (nSPS) is 19.6. The Kier molecular flexibility index (Phi) is 5.31. The quantitative estimate of drug-likeness (QED) is 0.489. The van der Waals surface area contributed by atoms with E-state index in [2.05, 4.69) is 13.8 Å². The number of ketones is 1. The second-order valence-electron chi connectivity index (χ2n) is 5.74. The summed E-state index contributed by atoms with van der Waals surface area (Å²) in [6, 6.07) is 0. The summed E-state index contributed by atoms with van der Waals surface area (Å²) in [7, 11) is 5.45. The van der Waals surface area contributed by atoms with Gasteiger partial charge in [-0.3, -0.25) is 4.79 Å². The van der Waals surface area contributed by atoms with Crippen LogP contribution in [-0.2, 0) is 4.79 Å². The van der Waals surface area contributed by atoms with E-state index in [-0.39, 0.29) is 5.41 Å². The van der Waals surface area contributed by atoms with Crippen molar-refractivity contribution in [2.45, 2.75) is 65.1 Å². The molecule has 0 aromatic carbocycles. The smallest absolute Gasteiger partial charge is 0.156 e. The van der Waals surface area contributed by atoms with Gasteiger partial charge in [-0.05, 0) is 30.8 Å². The highest BCUT2D eigenvalue weighted by Gasteiger charge is 2.26. The van der Waals surface area contributed by atoms with Gasteiger partial charge in [-0.1, -0.05) is 45.0 Å². The fourth-order valence-electron chi connectivity index (χ4n) is 2.49. The number of unbranched alkanes of at least 4 members (excludes halogenated alkanes) is 3. The molecule has 0 spiro atoms. The lowest BCUT2D eigenvalue weighted by Gasteiger charge is -2.28. The highest BCUT2D eigenvalue weighted by atomic mass is 16.1. The molecular formula is C14H23BO. The zero-order chi connectivity index (χ0) is 12.0. The van der Waals surface area contributed by atoms with Crippen LogP contribution in [0.25, 0.3) is 0 Å². The molecule has 2 heteroatoms. The Labute approximate surface area is 101 Å². The average molecular weight is 218 g/mol. The van der Waals surface area contributed by atoms with Gasteiger partial charge in [0, 0.05) is 6.42 Å². The highest BCUT2D eigenvalue weighted by Crippen LogP contribution is 2.35. The van der Waals surface area contributed by atoms with E-state index in [1.807, 2.05) is 6.08 Å². The van der Waals surface area contributed by atoms with Crippen LogP contribution in [-0.4, -0.2) is 13.6 Å². The molecular weight excluding hydrogens is 195 g/mol. The molecule has 1 nitrogen and oxygen atoms in total. The largest absolute Gasteiger partial charge is 0.295 e. The highest BCUT2D eigenvalue weighted by molar-refractivity contribution is 6.08. The molecule has 0 atom stereocenters. The fourth-order valence-corrected chi connectivity index (χ4v) is 2.49. The minimum Gasteiger partial charge on any atom is -0.295 e. The van der Waals surface area contributed by atoms with Gasteiger partial charge in [-0.15, -0.1) is 0 Å². The molecule has 0 aliphatic heterocycles. The summed E-state index contributed by atoms with van der Waals surface area (Å²) in [5.74, 6) is 0.313. The van der Waals surface area contributed by atoms with E-state index in [4.69, 9.17) is 7.85 Å². The maximum atomic E-state index is 11.5. The predicted octanol–water partition coefficient (Wildman–Crippen LogP) is 3.84. The summed E-state index contributed by atoms with van der Waals surface area (Å²) in [4.78, 5) is 11.5. The summed E-state index contributed by atoms with van der Waals surface area (Å²) >= 11 is 0. The van der Waals surface area contributed by atoms with Crippen LogP contribution in [0.4, 0.5) is 0 Å². The SMILES string of the molecule is [B]CCCCCCC1=CC(=O)CC(C)(C)C1. The first-order chi connectivity index (χ1) is 7.53. The molecule has 1 rings (SSSR count). The predicted molar refractivity (Wildman–Crippen MR) is 69.8 cm³/mol. The topological polar surface area (TPSA) is 17.1 Å². The standard InChI is InChI=1S/C14H23BO/c1-14(2)10-12(9-13(16)11-14)7-5-3-4-6-8-15/h9H,3-8,10-11H2,1-2H3. The van der Waals surface area contributed by atoms with Gasteiger partial charge in [0.15, 0.2) is 5.78 Å². The summed E-state index contributed by atoms with van der Waals surface area (Å²) in [5, 5.41) is 0. The van der Waals surface area contributed by atoms with Gasteiger partial charge in [-0.25, -0.2) is 0 Å². The van der Waals surface area contributed by atoms with Crippen molar-refractivity contribution in [2.75, 3.05) is 0 Å². The van der Waals surface area contributed by atoms with Crippen molar-refractivity contribution in [3.63, 3.8) is 0 Å². The first-order valence-electron chi connectivity index (χ1n) is 6.46. The fraction of sp³-hybridized carbons (Fsp3) is 0.786. The Morgan fingerprint density at radius 1 is 1.19 bits per heavy atom. The van der Waals surface area contributed by atoms with E-state index in [9.17, 15) is 4.79 Å². The van der Waals surface area contributed by atoms with Crippen LogP contribution >= 0.6 is 0 Å². The second-order valence-corrected chi connectivity index (χ2v) is 5.74. The van der Waals surface area contributed by atoms with Crippen LogP contribution in [0.3, 0.4) is 0 Å². The second kappa shape index (κ2) is 6.27. The van der Waals surface area contributed by atoms with Gasteiger partial charge >= 0.3 is 0 Å². The molecule has 0 aromatic heterocycles. The first kappa shape index (κ1) is 13.5. The van der Waals surface area contributed by atoms with Crippen LogP contribution in [0.2, 0.25) is 6.32 Å². The molecule has 0 bridgehead atoms. The van der Waals surface area contributed by atoms with Gasteiger partial charge in [0.25, 0.3) is 0 Å². The Morgan fingerprint density at radius 2 is 1.88 bits per heavy atom. The van der Waals surface area contributed by atoms with Crippen molar-refractivity contribution >= 4 is 13.6 Å². The van der Waals surface area contributed by atoms with E-state index in [1.54, 1.807) is 0 Å². The van der Waals surface area contributed by atoms with Crippen LogP contribution in [0, 0.1) is 5.41 Å². The van der Waals surface area contributed by atoms with Gasteiger partial charge in [0.1, 0.15) is 0 Å². The van der Waals surface area contributed by atoms with Gasteiger partial charge in [0.05, 0.1) is 7.85 Å². The molecule has 0 saturated heterocycles. The van der Waals surface area contributed by atoms with E-state index >= 15 is 0 Å². The number of hydrogen-bond donors (Lipinski definition) is 0. The van der Waals surface area contributed by atoms with E-state index < -0.39 is 0 Å². The lowest BCUT2D eigenvalue weighted by molar-refractivity contribution is -0.117. The van der Waals surface area contributed by atoms with Crippen LogP contribution < -0.4 is 0 Å². The maximum absolute atomic E-state index is 11.5. The molecule has 0 unspecified atom stereocenters. The van der Waals surface area contributed by atoms with Crippen molar-refractivity contribution < 1.29 is 4.79 Å². The molecule has 0 amide bonds. The van der Waals surface area contributed by atoms with Crippen molar-refractivity contribution in [3.05, 3.63) is 11.6 Å². The number of rotatable bonds is 6. The van der Waals surface area contributed by atoms with E-state index in [1.165, 1.54) is 24.8 Å². The Hall–Kier alpha value is -0.525. The summed E-state index contributed by atoms with van der Waals surface area (Å²) in [6.45, 7) is 4.37. The third kappa shape index (κ3) is 5.00. The summed E-state index contributed by atoms with van der Waals surface area (Å²) < 4.78 is 0. The number of hydrogen-bond acceptors (Lipinski definition) is 1. The lowest BCUT2D eigenvalue weighted by Crippen LogP contribution is -2.21. The van der Waals surface area contributed by atoms with Crippen LogP contribution in [0.1, 0.15) is 58.8 Å². The summed E-state index contributed by atoms with van der Waals surface area (Å²) in [5.41, 5.74) is 1.53. The number of carbonyl (C=O) groups excluding carboxylic acids is 1. The zero-order valence-corrected chi connectivity index (χ0v) is 10.7. The Morgan fingerprint density at radius 3 is 2.50 bits per heavy atom. The van der Waals surface area contributed by atoms with Gasteiger partial charge in [0.2, 0.25) is 0 Å². The van der Waals surface area contributed by atoms with E-state index in [0.29, 0.717) is 12.2 Å². The summed E-state index contributed by atoms with van der Waals surface area (Å²) in [6.07, 6.45) is 10.4. The van der Waals surface area contributed by atoms with Gasteiger partial charge in [-0.2, -0.15) is 0 Å². The van der Waals surface area contributed by atoms with Gasteiger partial charge < -0.3 is 0 Å². The van der Waals surface area contributed by atoms with E-state index in [0.717, 1.165) is 25.6 Å². The molecule has 0 fully saturated rings. The molecule has 1 aliphatic carbocycles. The first-order valence-corrected chi connectivity index (χ1v) is 6.46. The molecule has 2 radical (unpaired) electrons. The molecule has 88 valence electrons. The monoisotopic (exact) mass is 218 g/mol. The molecule has 0 saturated carbocycles. The molecule has 0 N–H and O–H groups in total. The molecule has 0 aromatic rings. The maximum Gasteiger partial charge on any atom is 0.156 e. The molecule has 0 heterocycles. The third-order valence-electron chi connectivity index (χ3n) is 3.18. The van der Waals surface area contributed by atoms with Crippen LogP contribution in [0.15, 0.2) is 11.6 Å². The minimum atomic E-state index is 0.179. The van der Waals surface area contributed by atoms with Crippen LogP contribution in [0.5, 0.6) is 0 Å². The number of carbonyl (C=O) groups is 1. The van der Waals surface area contributed by atoms with Crippen molar-refractivity contribution in [1.82, 2.24) is 0 Å². The Bertz CT molecular complexity index is 266.